The Morgan fingerprint density at radius 2 is 1.69 bits per heavy atom. The third-order valence-electron chi connectivity index (χ3n) is 6.40. The number of anilines is 2. The number of carbonyl (C=O) groups excluding carboxylic acids is 2. The Morgan fingerprint density at radius 1 is 0.969 bits per heavy atom. The van der Waals surface area contributed by atoms with Crippen molar-refractivity contribution in [3.63, 3.8) is 0 Å². The summed E-state index contributed by atoms with van der Waals surface area (Å²) in [5.41, 5.74) is 2.53. The summed E-state index contributed by atoms with van der Waals surface area (Å²) < 4.78 is 14.0. The first kappa shape index (κ1) is 22.1. The molecule has 2 aliphatic rings. The van der Waals surface area contributed by atoms with Crippen molar-refractivity contribution in [1.29, 1.82) is 0 Å². The van der Waals surface area contributed by atoms with Crippen LogP contribution in [0.15, 0.2) is 48.5 Å². The van der Waals surface area contributed by atoms with Gasteiger partial charge in [-0.05, 0) is 49.9 Å². The second kappa shape index (κ2) is 10.0. The normalized spacial score (nSPS) is 19.1. The van der Waals surface area contributed by atoms with Gasteiger partial charge in [-0.2, -0.15) is 0 Å². The molecule has 0 radical (unpaired) electrons. The highest BCUT2D eigenvalue weighted by molar-refractivity contribution is 5.89. The number of nitrogens with zero attached hydrogens (tertiary/aromatic N) is 3. The summed E-state index contributed by atoms with van der Waals surface area (Å²) in [5.74, 6) is 0.0760. The molecule has 0 saturated carbocycles. The zero-order valence-corrected chi connectivity index (χ0v) is 18.6. The molecule has 2 aromatic carbocycles. The molecule has 0 spiro atoms. The van der Waals surface area contributed by atoms with Crippen molar-refractivity contribution >= 4 is 23.3 Å². The fourth-order valence-corrected chi connectivity index (χ4v) is 4.54. The van der Waals surface area contributed by atoms with Gasteiger partial charge in [0.15, 0.2) is 0 Å². The van der Waals surface area contributed by atoms with E-state index < -0.39 is 0 Å². The fourth-order valence-electron chi connectivity index (χ4n) is 4.54. The predicted molar refractivity (Wildman–Crippen MR) is 124 cm³/mol. The van der Waals surface area contributed by atoms with E-state index in [9.17, 15) is 14.0 Å². The van der Waals surface area contributed by atoms with Crippen LogP contribution >= 0.6 is 0 Å². The van der Waals surface area contributed by atoms with Gasteiger partial charge < -0.3 is 20.0 Å². The number of carbonyl (C=O) groups is 2. The first-order chi connectivity index (χ1) is 15.5. The lowest BCUT2D eigenvalue weighted by Crippen LogP contribution is -2.50. The highest BCUT2D eigenvalue weighted by atomic mass is 19.1. The van der Waals surface area contributed by atoms with Crippen LogP contribution in [-0.4, -0.2) is 61.0 Å². The van der Waals surface area contributed by atoms with Gasteiger partial charge in [-0.1, -0.05) is 29.8 Å². The molecule has 7 heteroatoms. The molecule has 0 bridgehead atoms. The molecule has 4 rings (SSSR count). The van der Waals surface area contributed by atoms with E-state index in [1.807, 2.05) is 52.0 Å². The van der Waals surface area contributed by atoms with Crippen molar-refractivity contribution < 1.29 is 14.0 Å². The second-order valence-corrected chi connectivity index (χ2v) is 8.77. The van der Waals surface area contributed by atoms with Crippen molar-refractivity contribution in [2.24, 2.45) is 5.92 Å². The topological polar surface area (TPSA) is 55.9 Å². The zero-order chi connectivity index (χ0) is 22.5. The first-order valence-electron chi connectivity index (χ1n) is 11.4. The summed E-state index contributed by atoms with van der Waals surface area (Å²) in [6.45, 7) is 5.76. The molecule has 2 heterocycles. The molecule has 1 N–H and O–H groups in total. The summed E-state index contributed by atoms with van der Waals surface area (Å²) in [6, 6.07) is 14.4. The Hall–Kier alpha value is -3.09. The fraction of sp³-hybridized carbons (Fsp3) is 0.440. The number of benzene rings is 2. The maximum Gasteiger partial charge on any atom is 0.321 e. The first-order valence-corrected chi connectivity index (χ1v) is 11.4. The Morgan fingerprint density at radius 3 is 2.41 bits per heavy atom. The van der Waals surface area contributed by atoms with Gasteiger partial charge in [-0.25, -0.2) is 9.18 Å². The van der Waals surface area contributed by atoms with Crippen LogP contribution in [0.1, 0.15) is 24.8 Å². The molecule has 2 fully saturated rings. The van der Waals surface area contributed by atoms with E-state index in [2.05, 4.69) is 5.32 Å². The Balaban J connectivity index is 1.26. The summed E-state index contributed by atoms with van der Waals surface area (Å²) in [4.78, 5) is 31.2. The lowest BCUT2D eigenvalue weighted by molar-refractivity contribution is -0.132. The number of halogens is 1. The number of piperidine rings is 1. The van der Waals surface area contributed by atoms with E-state index in [1.54, 1.807) is 12.1 Å². The number of piperazine rings is 1. The SMILES string of the molecule is Cc1ccc(NC(=O)N2CCC[C@@H](CC(=O)N3CCN(c4ccccc4F)CC3)C2)cc1. The Kier molecular flexibility index (Phi) is 6.93. The summed E-state index contributed by atoms with van der Waals surface area (Å²) in [5, 5.41) is 2.96. The molecule has 2 aliphatic heterocycles. The number of hydrogen-bond donors (Lipinski definition) is 1. The van der Waals surface area contributed by atoms with E-state index in [0.717, 1.165) is 24.1 Å². The molecule has 1 atom stereocenters. The van der Waals surface area contributed by atoms with Crippen LogP contribution in [-0.2, 0) is 4.79 Å². The van der Waals surface area contributed by atoms with Crippen LogP contribution < -0.4 is 10.2 Å². The number of para-hydroxylation sites is 1. The van der Waals surface area contributed by atoms with Gasteiger partial charge in [-0.3, -0.25) is 4.79 Å². The van der Waals surface area contributed by atoms with Gasteiger partial charge in [0, 0.05) is 51.4 Å². The number of nitrogens with one attached hydrogen (secondary N) is 1. The molecule has 0 unspecified atom stereocenters. The molecule has 0 aromatic heterocycles. The van der Waals surface area contributed by atoms with Gasteiger partial charge in [0.2, 0.25) is 5.91 Å². The molecular weight excluding hydrogens is 407 g/mol. The summed E-state index contributed by atoms with van der Waals surface area (Å²) in [6.07, 6.45) is 2.31. The molecule has 170 valence electrons. The van der Waals surface area contributed by atoms with E-state index in [-0.39, 0.29) is 23.7 Å². The van der Waals surface area contributed by atoms with Gasteiger partial charge in [0.05, 0.1) is 5.69 Å². The molecule has 2 saturated heterocycles. The van der Waals surface area contributed by atoms with Crippen LogP contribution in [0, 0.1) is 18.7 Å². The minimum absolute atomic E-state index is 0.107. The van der Waals surface area contributed by atoms with Crippen LogP contribution in [0.4, 0.5) is 20.6 Å². The number of aryl methyl sites for hydroxylation is 1. The van der Waals surface area contributed by atoms with Crippen molar-refractivity contribution in [2.45, 2.75) is 26.2 Å². The molecule has 3 amide bonds. The van der Waals surface area contributed by atoms with Crippen LogP contribution in [0.2, 0.25) is 0 Å². The molecule has 2 aromatic rings. The van der Waals surface area contributed by atoms with Crippen molar-refractivity contribution in [2.75, 3.05) is 49.5 Å². The molecule has 0 aliphatic carbocycles. The summed E-state index contributed by atoms with van der Waals surface area (Å²) in [7, 11) is 0. The minimum atomic E-state index is -0.224. The average molecular weight is 439 g/mol. The van der Waals surface area contributed by atoms with Crippen molar-refractivity contribution in [3.05, 3.63) is 59.9 Å². The minimum Gasteiger partial charge on any atom is -0.366 e. The van der Waals surface area contributed by atoms with Crippen LogP contribution in [0.3, 0.4) is 0 Å². The Bertz CT molecular complexity index is 941. The Labute approximate surface area is 189 Å². The number of amides is 3. The van der Waals surface area contributed by atoms with E-state index in [4.69, 9.17) is 0 Å². The average Bonchev–Trinajstić information content (AvgIpc) is 2.81. The van der Waals surface area contributed by atoms with E-state index >= 15 is 0 Å². The zero-order valence-electron chi connectivity index (χ0n) is 18.6. The van der Waals surface area contributed by atoms with Crippen LogP contribution in [0.5, 0.6) is 0 Å². The number of urea groups is 1. The lowest BCUT2D eigenvalue weighted by Gasteiger charge is -2.38. The van der Waals surface area contributed by atoms with Gasteiger partial charge >= 0.3 is 6.03 Å². The third kappa shape index (κ3) is 5.39. The van der Waals surface area contributed by atoms with E-state index in [0.29, 0.717) is 51.4 Å². The van der Waals surface area contributed by atoms with Crippen molar-refractivity contribution in [3.8, 4) is 0 Å². The smallest absolute Gasteiger partial charge is 0.321 e. The maximum absolute atomic E-state index is 14.0. The second-order valence-electron chi connectivity index (χ2n) is 8.77. The number of rotatable bonds is 4. The van der Waals surface area contributed by atoms with Gasteiger partial charge in [0.25, 0.3) is 0 Å². The molecular formula is C25H31FN4O2. The van der Waals surface area contributed by atoms with Gasteiger partial charge in [-0.15, -0.1) is 0 Å². The van der Waals surface area contributed by atoms with Crippen molar-refractivity contribution in [1.82, 2.24) is 9.80 Å². The molecule has 6 nitrogen and oxygen atoms in total. The van der Waals surface area contributed by atoms with Crippen LogP contribution in [0.25, 0.3) is 0 Å². The van der Waals surface area contributed by atoms with Gasteiger partial charge in [0.1, 0.15) is 5.82 Å². The quantitative estimate of drug-likeness (QED) is 0.781. The summed E-state index contributed by atoms with van der Waals surface area (Å²) >= 11 is 0. The number of likely N-dealkylation sites (tertiary alicyclic amines) is 1. The monoisotopic (exact) mass is 438 g/mol. The largest absolute Gasteiger partial charge is 0.366 e. The highest BCUT2D eigenvalue weighted by Crippen LogP contribution is 2.24. The van der Waals surface area contributed by atoms with E-state index in [1.165, 1.54) is 6.07 Å². The lowest BCUT2D eigenvalue weighted by atomic mass is 9.94. The highest BCUT2D eigenvalue weighted by Gasteiger charge is 2.29. The standard InChI is InChI=1S/C25H31FN4O2/c1-19-8-10-21(11-9-19)27-25(32)30-12-4-5-20(18-30)17-24(31)29-15-13-28(14-16-29)23-7-3-2-6-22(23)26/h2-3,6-11,20H,4-5,12-18H2,1H3,(H,27,32)/t20-/m0/s1. The maximum atomic E-state index is 14.0. The third-order valence-corrected chi connectivity index (χ3v) is 6.40. The predicted octanol–water partition coefficient (Wildman–Crippen LogP) is 4.12. The molecule has 32 heavy (non-hydrogen) atoms. The number of hydrogen-bond acceptors (Lipinski definition) is 3.